The Morgan fingerprint density at radius 2 is 1.76 bits per heavy atom. The molecular weight excluding hydrogens is 318 g/mol. The lowest BCUT2D eigenvalue weighted by Crippen LogP contribution is -2.67. The number of hydrogen-bond donors (Lipinski definition) is 4. The van der Waals surface area contributed by atoms with E-state index >= 15 is 0 Å². The molecule has 0 aromatic carbocycles. The third-order valence-corrected chi connectivity index (χ3v) is 6.46. The zero-order valence-electron chi connectivity index (χ0n) is 14.2. The molecule has 7 nitrogen and oxygen atoms in total. The van der Waals surface area contributed by atoms with E-state index in [0.29, 0.717) is 24.2 Å². The van der Waals surface area contributed by atoms with Crippen LogP contribution in [-0.4, -0.2) is 29.0 Å². The normalized spacial score (nSPS) is 35.4. The van der Waals surface area contributed by atoms with Gasteiger partial charge in [-0.3, -0.25) is 10.1 Å². The van der Waals surface area contributed by atoms with Crippen LogP contribution in [0.15, 0.2) is 18.2 Å². The van der Waals surface area contributed by atoms with Gasteiger partial charge in [0.2, 0.25) is 0 Å². The number of rotatable bonds is 4. The van der Waals surface area contributed by atoms with Gasteiger partial charge in [-0.2, -0.15) is 0 Å². The van der Waals surface area contributed by atoms with E-state index in [1.54, 1.807) is 12.1 Å². The molecule has 3 amide bonds. The molecule has 0 aliphatic heterocycles. The van der Waals surface area contributed by atoms with Gasteiger partial charge in [0.05, 0.1) is 0 Å². The van der Waals surface area contributed by atoms with Crippen LogP contribution in [-0.2, 0) is 0 Å². The molecule has 134 valence electrons. The third-order valence-electron chi connectivity index (χ3n) is 6.46. The van der Waals surface area contributed by atoms with Crippen LogP contribution < -0.4 is 22.1 Å². The van der Waals surface area contributed by atoms with Crippen molar-refractivity contribution in [2.45, 2.75) is 37.6 Å². The van der Waals surface area contributed by atoms with Gasteiger partial charge in [-0.15, -0.1) is 0 Å². The van der Waals surface area contributed by atoms with Crippen molar-refractivity contribution in [2.75, 3.05) is 11.9 Å². The minimum Gasteiger partial charge on any atom is -0.364 e. The summed E-state index contributed by atoms with van der Waals surface area (Å²) in [7, 11) is 0. The van der Waals surface area contributed by atoms with Gasteiger partial charge in [0.1, 0.15) is 11.5 Å². The van der Waals surface area contributed by atoms with Gasteiger partial charge in [-0.25, -0.2) is 9.78 Å². The molecule has 0 unspecified atom stereocenters. The van der Waals surface area contributed by atoms with E-state index in [2.05, 4.69) is 15.6 Å². The zero-order valence-corrected chi connectivity index (χ0v) is 14.2. The van der Waals surface area contributed by atoms with Crippen molar-refractivity contribution in [3.8, 4) is 0 Å². The van der Waals surface area contributed by atoms with E-state index in [9.17, 15) is 9.59 Å². The highest BCUT2D eigenvalue weighted by molar-refractivity contribution is 5.92. The van der Waals surface area contributed by atoms with Crippen molar-refractivity contribution in [3.05, 3.63) is 23.9 Å². The maximum Gasteiger partial charge on any atom is 0.320 e. The molecular formula is C18H25N5O2. The molecule has 5 rings (SSSR count). The summed E-state index contributed by atoms with van der Waals surface area (Å²) in [4.78, 5) is 27.4. The molecule has 0 radical (unpaired) electrons. The number of urea groups is 1. The summed E-state index contributed by atoms with van der Waals surface area (Å²) in [6.45, 7) is 0.475. The Bertz CT molecular complexity index is 676. The lowest BCUT2D eigenvalue weighted by atomic mass is 9.49. The first-order chi connectivity index (χ1) is 11.9. The van der Waals surface area contributed by atoms with E-state index in [1.807, 2.05) is 0 Å². The number of nitrogens with one attached hydrogen (secondary N) is 2. The van der Waals surface area contributed by atoms with Crippen LogP contribution >= 0.6 is 0 Å². The highest BCUT2D eigenvalue weighted by Crippen LogP contribution is 2.57. The SMILES string of the molecule is NC(=O)c1cccc(NC(=O)NCC2(N)C3CC4CC(C3)CC2C4)n1. The van der Waals surface area contributed by atoms with Crippen LogP contribution in [0.1, 0.15) is 42.6 Å². The predicted molar refractivity (Wildman–Crippen MR) is 93.7 cm³/mol. The van der Waals surface area contributed by atoms with Gasteiger partial charge in [-0.1, -0.05) is 6.07 Å². The zero-order chi connectivity index (χ0) is 17.6. The number of nitrogens with zero attached hydrogens (tertiary/aromatic N) is 1. The summed E-state index contributed by atoms with van der Waals surface area (Å²) in [6.07, 6.45) is 6.19. The number of primary amides is 1. The fraction of sp³-hybridized carbons (Fsp3) is 0.611. The lowest BCUT2D eigenvalue weighted by molar-refractivity contribution is -0.0528. The fourth-order valence-corrected chi connectivity index (χ4v) is 5.39. The summed E-state index contributed by atoms with van der Waals surface area (Å²) in [5, 5.41) is 5.57. The number of pyridine rings is 1. The van der Waals surface area contributed by atoms with Crippen LogP contribution in [0.3, 0.4) is 0 Å². The molecule has 1 aromatic heterocycles. The minimum atomic E-state index is -0.626. The van der Waals surface area contributed by atoms with Gasteiger partial charge < -0.3 is 16.8 Å². The van der Waals surface area contributed by atoms with Crippen molar-refractivity contribution < 1.29 is 9.59 Å². The fourth-order valence-electron chi connectivity index (χ4n) is 5.39. The van der Waals surface area contributed by atoms with Crippen molar-refractivity contribution in [2.24, 2.45) is 35.1 Å². The number of amides is 3. The molecule has 0 saturated heterocycles. The third kappa shape index (κ3) is 2.97. The van der Waals surface area contributed by atoms with Crippen molar-refractivity contribution >= 4 is 17.8 Å². The highest BCUT2D eigenvalue weighted by Gasteiger charge is 2.55. The molecule has 1 heterocycles. The molecule has 0 atom stereocenters. The molecule has 1 aromatic rings. The standard InChI is InChI=1S/C18H25N5O2/c19-16(24)14-2-1-3-15(22-14)23-17(25)21-9-18(20)12-5-10-4-11(7-12)8-13(18)6-10/h1-3,10-13H,4-9,20H2,(H2,19,24)(H2,21,22,23,25). The molecule has 4 saturated carbocycles. The van der Waals surface area contributed by atoms with Crippen molar-refractivity contribution in [3.63, 3.8) is 0 Å². The van der Waals surface area contributed by atoms with Gasteiger partial charge in [0.15, 0.2) is 0 Å². The average molecular weight is 343 g/mol. The Balaban J connectivity index is 1.37. The van der Waals surface area contributed by atoms with Gasteiger partial charge in [0, 0.05) is 12.1 Å². The van der Waals surface area contributed by atoms with Gasteiger partial charge >= 0.3 is 6.03 Å². The minimum absolute atomic E-state index is 0.120. The molecule has 4 fully saturated rings. The molecule has 4 bridgehead atoms. The second kappa shape index (κ2) is 5.98. The van der Waals surface area contributed by atoms with E-state index < -0.39 is 5.91 Å². The topological polar surface area (TPSA) is 123 Å². The Labute approximate surface area is 146 Å². The van der Waals surface area contributed by atoms with Crippen LogP contribution in [0.4, 0.5) is 10.6 Å². The monoisotopic (exact) mass is 343 g/mol. The molecule has 6 N–H and O–H groups in total. The highest BCUT2D eigenvalue weighted by atomic mass is 16.2. The number of anilines is 1. The average Bonchev–Trinajstić information content (AvgIpc) is 2.57. The van der Waals surface area contributed by atoms with Gasteiger partial charge in [-0.05, 0) is 67.9 Å². The molecule has 0 spiro atoms. The van der Waals surface area contributed by atoms with Crippen molar-refractivity contribution in [1.82, 2.24) is 10.3 Å². The first-order valence-corrected chi connectivity index (χ1v) is 9.04. The predicted octanol–water partition coefficient (Wildman–Crippen LogP) is 1.46. The first kappa shape index (κ1) is 16.3. The summed E-state index contributed by atoms with van der Waals surface area (Å²) in [5.74, 6) is 2.38. The maximum absolute atomic E-state index is 12.2. The Hall–Kier alpha value is -2.15. The van der Waals surface area contributed by atoms with Crippen LogP contribution in [0.25, 0.3) is 0 Å². The van der Waals surface area contributed by atoms with Crippen LogP contribution in [0.5, 0.6) is 0 Å². The maximum atomic E-state index is 12.2. The second-order valence-electron chi connectivity index (χ2n) is 8.00. The van der Waals surface area contributed by atoms with E-state index in [-0.39, 0.29) is 17.3 Å². The Morgan fingerprint density at radius 3 is 2.36 bits per heavy atom. The molecule has 25 heavy (non-hydrogen) atoms. The smallest absolute Gasteiger partial charge is 0.320 e. The van der Waals surface area contributed by atoms with E-state index in [0.717, 1.165) is 11.8 Å². The second-order valence-corrected chi connectivity index (χ2v) is 8.00. The molecule has 4 aliphatic carbocycles. The number of nitrogens with two attached hydrogens (primary N) is 2. The number of aromatic nitrogens is 1. The number of carbonyl (C=O) groups excluding carboxylic acids is 2. The largest absolute Gasteiger partial charge is 0.364 e. The van der Waals surface area contributed by atoms with Crippen LogP contribution in [0.2, 0.25) is 0 Å². The summed E-state index contributed by atoms with van der Waals surface area (Å²) in [6, 6.07) is 4.40. The lowest BCUT2D eigenvalue weighted by Gasteiger charge is -2.59. The molecule has 7 heteroatoms. The molecule has 4 aliphatic rings. The van der Waals surface area contributed by atoms with E-state index in [1.165, 1.54) is 38.2 Å². The first-order valence-electron chi connectivity index (χ1n) is 9.04. The Morgan fingerprint density at radius 1 is 1.12 bits per heavy atom. The summed E-state index contributed by atoms with van der Waals surface area (Å²) < 4.78 is 0. The quantitative estimate of drug-likeness (QED) is 0.660. The van der Waals surface area contributed by atoms with Crippen molar-refractivity contribution in [1.29, 1.82) is 0 Å². The number of hydrogen-bond acceptors (Lipinski definition) is 4. The number of carbonyl (C=O) groups is 2. The van der Waals surface area contributed by atoms with E-state index in [4.69, 9.17) is 11.5 Å². The summed E-state index contributed by atoms with van der Waals surface area (Å²) in [5.41, 5.74) is 11.8. The van der Waals surface area contributed by atoms with Crippen LogP contribution in [0, 0.1) is 23.7 Å². The summed E-state index contributed by atoms with van der Waals surface area (Å²) >= 11 is 0. The van der Waals surface area contributed by atoms with Gasteiger partial charge in [0.25, 0.3) is 5.91 Å². The Kier molecular flexibility index (Phi) is 3.91.